The van der Waals surface area contributed by atoms with Gasteiger partial charge < -0.3 is 14.7 Å². The first-order valence-corrected chi connectivity index (χ1v) is 11.5. The molecule has 0 radical (unpaired) electrons. The molecule has 3 aromatic rings. The molecule has 2 aromatic carbocycles. The molecule has 1 saturated heterocycles. The van der Waals surface area contributed by atoms with Crippen molar-refractivity contribution in [2.24, 2.45) is 5.92 Å². The van der Waals surface area contributed by atoms with E-state index in [2.05, 4.69) is 18.8 Å². The highest BCUT2D eigenvalue weighted by molar-refractivity contribution is 6.46. The summed E-state index contributed by atoms with van der Waals surface area (Å²) in [5.74, 6) is -1.26. The van der Waals surface area contributed by atoms with Gasteiger partial charge in [0.1, 0.15) is 17.3 Å². The summed E-state index contributed by atoms with van der Waals surface area (Å²) in [7, 11) is 0. The van der Waals surface area contributed by atoms with Crippen molar-refractivity contribution in [2.75, 3.05) is 6.61 Å². The van der Waals surface area contributed by atoms with Crippen molar-refractivity contribution in [3.8, 4) is 5.75 Å². The fourth-order valence-corrected chi connectivity index (χ4v) is 4.03. The Labute approximate surface area is 203 Å². The molecule has 1 aromatic heterocycles. The second kappa shape index (κ2) is 10.5. The zero-order chi connectivity index (χ0) is 24.9. The van der Waals surface area contributed by atoms with Gasteiger partial charge in [-0.25, -0.2) is 4.39 Å². The van der Waals surface area contributed by atoms with Crippen molar-refractivity contribution in [2.45, 2.75) is 32.9 Å². The van der Waals surface area contributed by atoms with E-state index < -0.39 is 23.5 Å². The van der Waals surface area contributed by atoms with Crippen molar-refractivity contribution in [3.63, 3.8) is 0 Å². The second-order valence-electron chi connectivity index (χ2n) is 8.90. The van der Waals surface area contributed by atoms with Gasteiger partial charge >= 0.3 is 0 Å². The number of ketones is 1. The monoisotopic (exact) mass is 474 g/mol. The lowest BCUT2D eigenvalue weighted by Crippen LogP contribution is -2.29. The maximum atomic E-state index is 13.5. The summed E-state index contributed by atoms with van der Waals surface area (Å²) in [5.41, 5.74) is 1.56. The van der Waals surface area contributed by atoms with E-state index >= 15 is 0 Å². The third kappa shape index (κ3) is 5.40. The zero-order valence-corrected chi connectivity index (χ0v) is 19.6. The number of ether oxygens (including phenoxy) is 1. The van der Waals surface area contributed by atoms with Crippen molar-refractivity contribution in [1.29, 1.82) is 0 Å². The molecule has 4 rings (SSSR count). The van der Waals surface area contributed by atoms with Crippen molar-refractivity contribution in [1.82, 2.24) is 9.88 Å². The molecular weight excluding hydrogens is 447 g/mol. The van der Waals surface area contributed by atoms with Gasteiger partial charge in [0.15, 0.2) is 0 Å². The van der Waals surface area contributed by atoms with Crippen LogP contribution >= 0.6 is 0 Å². The summed E-state index contributed by atoms with van der Waals surface area (Å²) in [6.07, 6.45) is 4.14. The molecule has 1 aliphatic rings. The van der Waals surface area contributed by atoms with Crippen LogP contribution in [0, 0.1) is 11.7 Å². The molecule has 0 aliphatic carbocycles. The summed E-state index contributed by atoms with van der Waals surface area (Å²) in [4.78, 5) is 31.8. The van der Waals surface area contributed by atoms with Crippen LogP contribution in [-0.2, 0) is 16.1 Å². The van der Waals surface area contributed by atoms with Crippen LogP contribution in [0.15, 0.2) is 78.6 Å². The van der Waals surface area contributed by atoms with Crippen LogP contribution in [0.4, 0.5) is 4.39 Å². The van der Waals surface area contributed by atoms with Crippen LogP contribution in [0.25, 0.3) is 5.76 Å². The summed E-state index contributed by atoms with van der Waals surface area (Å²) in [5, 5.41) is 11.1. The minimum atomic E-state index is -0.853. The van der Waals surface area contributed by atoms with Gasteiger partial charge in [-0.15, -0.1) is 0 Å². The first kappa shape index (κ1) is 24.1. The Bertz CT molecular complexity index is 1240. The lowest BCUT2D eigenvalue weighted by Gasteiger charge is -2.25. The van der Waals surface area contributed by atoms with E-state index in [1.54, 1.807) is 36.7 Å². The molecule has 7 heteroatoms. The lowest BCUT2D eigenvalue weighted by atomic mass is 9.95. The zero-order valence-electron chi connectivity index (χ0n) is 19.6. The smallest absolute Gasteiger partial charge is 0.295 e. The maximum Gasteiger partial charge on any atom is 0.295 e. The molecule has 1 fully saturated rings. The van der Waals surface area contributed by atoms with Crippen LogP contribution in [0.1, 0.15) is 43.0 Å². The third-order valence-electron chi connectivity index (χ3n) is 5.87. The predicted octanol–water partition coefficient (Wildman–Crippen LogP) is 5.27. The fraction of sp³-hybridized carbons (Fsp3) is 0.250. The first-order chi connectivity index (χ1) is 16.8. The van der Waals surface area contributed by atoms with Gasteiger partial charge in [0.2, 0.25) is 0 Å². The predicted molar refractivity (Wildman–Crippen MR) is 130 cm³/mol. The van der Waals surface area contributed by atoms with Crippen LogP contribution in [0.5, 0.6) is 5.75 Å². The number of halogens is 1. The van der Waals surface area contributed by atoms with Gasteiger partial charge in [-0.2, -0.15) is 0 Å². The van der Waals surface area contributed by atoms with E-state index in [-0.39, 0.29) is 23.4 Å². The number of rotatable bonds is 8. The summed E-state index contributed by atoms with van der Waals surface area (Å²) < 4.78 is 19.4. The number of likely N-dealkylation sites (tertiary alicyclic amines) is 1. The number of aliphatic hydroxyl groups excluding tert-OH is 1. The Kier molecular flexibility index (Phi) is 7.25. The molecule has 1 N–H and O–H groups in total. The number of hydrogen-bond acceptors (Lipinski definition) is 5. The van der Waals surface area contributed by atoms with Crippen LogP contribution < -0.4 is 4.74 Å². The lowest BCUT2D eigenvalue weighted by molar-refractivity contribution is -0.140. The van der Waals surface area contributed by atoms with Crippen molar-refractivity contribution >= 4 is 17.4 Å². The summed E-state index contributed by atoms with van der Waals surface area (Å²) in [6, 6.07) is 15.0. The topological polar surface area (TPSA) is 79.7 Å². The normalized spacial score (nSPS) is 17.3. The SMILES string of the molecule is CC(C)CCOc1cccc([C@@H]2C(=C(O)c3ccc(F)cc3)C(=O)C(=O)N2Cc2cccnc2)c1. The highest BCUT2D eigenvalue weighted by Crippen LogP contribution is 2.41. The average Bonchev–Trinajstić information content (AvgIpc) is 3.09. The number of aromatic nitrogens is 1. The number of Topliss-reactive ketones (excluding diaryl/α,β-unsaturated/α-hetero) is 1. The summed E-state index contributed by atoms with van der Waals surface area (Å²) >= 11 is 0. The van der Waals surface area contributed by atoms with E-state index in [9.17, 15) is 19.1 Å². The maximum absolute atomic E-state index is 13.5. The Morgan fingerprint density at radius 2 is 1.89 bits per heavy atom. The number of hydrogen-bond donors (Lipinski definition) is 1. The van der Waals surface area contributed by atoms with E-state index in [0.29, 0.717) is 23.8 Å². The molecule has 0 spiro atoms. The molecule has 0 saturated carbocycles. The van der Waals surface area contributed by atoms with Crippen molar-refractivity contribution in [3.05, 3.63) is 101 Å². The fourth-order valence-electron chi connectivity index (χ4n) is 4.03. The standard InChI is InChI=1S/C28H27FN2O4/c1-18(2)12-14-35-23-7-3-6-21(15-23)25-24(26(32)20-8-10-22(29)11-9-20)27(33)28(34)31(25)17-19-5-4-13-30-16-19/h3-11,13,15-16,18,25,32H,12,14,17H2,1-2H3/t25-/m1/s1. The number of nitrogens with zero attached hydrogens (tertiary/aromatic N) is 2. The molecule has 2 heterocycles. The number of carbonyl (C=O) groups excluding carboxylic acids is 2. The largest absolute Gasteiger partial charge is 0.507 e. The molecule has 0 bridgehead atoms. The van der Waals surface area contributed by atoms with E-state index in [0.717, 1.165) is 12.0 Å². The number of aliphatic hydroxyl groups is 1. The average molecular weight is 475 g/mol. The Balaban J connectivity index is 1.78. The number of carbonyl (C=O) groups is 2. The number of benzene rings is 2. The minimum absolute atomic E-state index is 0.0511. The minimum Gasteiger partial charge on any atom is -0.507 e. The highest BCUT2D eigenvalue weighted by atomic mass is 19.1. The quantitative estimate of drug-likeness (QED) is 0.273. The first-order valence-electron chi connectivity index (χ1n) is 11.5. The molecule has 1 atom stereocenters. The van der Waals surface area contributed by atoms with Gasteiger partial charge in [0.05, 0.1) is 18.2 Å². The highest BCUT2D eigenvalue weighted by Gasteiger charge is 2.46. The molecule has 180 valence electrons. The van der Waals surface area contributed by atoms with E-state index in [1.165, 1.54) is 29.2 Å². The Morgan fingerprint density at radius 1 is 1.11 bits per heavy atom. The molecule has 0 unspecified atom stereocenters. The van der Waals surface area contributed by atoms with E-state index in [4.69, 9.17) is 4.74 Å². The summed E-state index contributed by atoms with van der Waals surface area (Å²) in [6.45, 7) is 4.89. The second-order valence-corrected chi connectivity index (χ2v) is 8.90. The van der Waals surface area contributed by atoms with Gasteiger partial charge in [-0.1, -0.05) is 32.0 Å². The van der Waals surface area contributed by atoms with Gasteiger partial charge in [0.25, 0.3) is 11.7 Å². The van der Waals surface area contributed by atoms with Crippen LogP contribution in [0.3, 0.4) is 0 Å². The number of amides is 1. The van der Waals surface area contributed by atoms with Crippen molar-refractivity contribution < 1.29 is 23.8 Å². The van der Waals surface area contributed by atoms with Crippen LogP contribution in [-0.4, -0.2) is 33.3 Å². The van der Waals surface area contributed by atoms with Gasteiger partial charge in [-0.05, 0) is 65.9 Å². The third-order valence-corrected chi connectivity index (χ3v) is 5.87. The molecule has 1 aliphatic heterocycles. The number of pyridine rings is 1. The molecule has 6 nitrogen and oxygen atoms in total. The molecular formula is C28H27FN2O4. The molecule has 1 amide bonds. The Morgan fingerprint density at radius 3 is 2.57 bits per heavy atom. The van der Waals surface area contributed by atoms with E-state index in [1.807, 2.05) is 12.1 Å². The van der Waals surface area contributed by atoms with Gasteiger partial charge in [0, 0.05) is 24.5 Å². The van der Waals surface area contributed by atoms with Crippen LogP contribution in [0.2, 0.25) is 0 Å². The molecule has 35 heavy (non-hydrogen) atoms. The Hall–Kier alpha value is -4.00. The van der Waals surface area contributed by atoms with Gasteiger partial charge in [-0.3, -0.25) is 14.6 Å².